The maximum absolute atomic E-state index is 13.4. The number of nitrogens with zero attached hydrogens (tertiary/aromatic N) is 1. The molecule has 1 fully saturated rings. The average molecular weight is 253 g/mol. The minimum Gasteiger partial charge on any atom is -0.369 e. The van der Waals surface area contributed by atoms with Crippen LogP contribution in [0.3, 0.4) is 0 Å². The summed E-state index contributed by atoms with van der Waals surface area (Å²) in [6, 6.07) is 4.52. The summed E-state index contributed by atoms with van der Waals surface area (Å²) in [6.45, 7) is 6.15. The topological polar surface area (TPSA) is 20.3 Å². The first-order valence-electron chi connectivity index (χ1n) is 5.74. The highest BCUT2D eigenvalue weighted by atomic mass is 32.2. The van der Waals surface area contributed by atoms with Crippen LogP contribution in [0.4, 0.5) is 10.1 Å². The highest BCUT2D eigenvalue weighted by molar-refractivity contribution is 8.00. The third-order valence-corrected chi connectivity index (χ3v) is 4.05. The molecule has 0 amide bonds. The van der Waals surface area contributed by atoms with Crippen molar-refractivity contribution in [2.24, 2.45) is 0 Å². The van der Waals surface area contributed by atoms with Gasteiger partial charge < -0.3 is 4.90 Å². The molecule has 0 aliphatic carbocycles. The van der Waals surface area contributed by atoms with E-state index in [4.69, 9.17) is 0 Å². The van der Waals surface area contributed by atoms with Gasteiger partial charge in [-0.25, -0.2) is 4.39 Å². The number of hydrogen-bond acceptors (Lipinski definition) is 3. The van der Waals surface area contributed by atoms with Crippen LogP contribution in [0.15, 0.2) is 18.2 Å². The molecule has 4 heteroatoms. The minimum atomic E-state index is -0.344. The molecule has 0 bridgehead atoms. The molecule has 1 saturated heterocycles. The lowest BCUT2D eigenvalue weighted by atomic mass is 10.2. The van der Waals surface area contributed by atoms with Crippen LogP contribution in [-0.4, -0.2) is 29.9 Å². The standard InChI is InChI=1S/C13H16FNOS/c1-9-6-15(7-10(2)17-9)13-4-11(8-16)3-12(14)5-13/h3-5,8-10H,6-7H2,1-2H3. The summed E-state index contributed by atoms with van der Waals surface area (Å²) >= 11 is 1.95. The molecule has 2 rings (SSSR count). The van der Waals surface area contributed by atoms with Crippen LogP contribution < -0.4 is 4.90 Å². The lowest BCUT2D eigenvalue weighted by Crippen LogP contribution is -2.40. The molecule has 0 saturated carbocycles. The summed E-state index contributed by atoms with van der Waals surface area (Å²) in [6.07, 6.45) is 0.693. The van der Waals surface area contributed by atoms with Crippen molar-refractivity contribution in [3.8, 4) is 0 Å². The number of anilines is 1. The smallest absolute Gasteiger partial charge is 0.150 e. The lowest BCUT2D eigenvalue weighted by Gasteiger charge is -2.36. The van der Waals surface area contributed by atoms with Gasteiger partial charge in [-0.05, 0) is 18.2 Å². The number of rotatable bonds is 2. The van der Waals surface area contributed by atoms with E-state index in [0.717, 1.165) is 18.8 Å². The monoisotopic (exact) mass is 253 g/mol. The van der Waals surface area contributed by atoms with Gasteiger partial charge in [0.15, 0.2) is 0 Å². The second-order valence-corrected chi connectivity index (χ2v) is 6.40. The van der Waals surface area contributed by atoms with Crippen LogP contribution in [0.5, 0.6) is 0 Å². The van der Waals surface area contributed by atoms with Crippen molar-refractivity contribution in [2.45, 2.75) is 24.3 Å². The van der Waals surface area contributed by atoms with Gasteiger partial charge >= 0.3 is 0 Å². The van der Waals surface area contributed by atoms with E-state index in [1.807, 2.05) is 11.8 Å². The fourth-order valence-electron chi connectivity index (χ4n) is 2.24. The Morgan fingerprint density at radius 2 is 1.94 bits per heavy atom. The van der Waals surface area contributed by atoms with E-state index in [1.165, 1.54) is 12.1 Å². The van der Waals surface area contributed by atoms with Gasteiger partial charge in [0.05, 0.1) is 0 Å². The Bertz CT molecular complexity index is 414. The molecule has 0 aromatic heterocycles. The first kappa shape index (κ1) is 12.4. The molecule has 0 spiro atoms. The Morgan fingerprint density at radius 3 is 2.53 bits per heavy atom. The summed E-state index contributed by atoms with van der Waals surface area (Å²) in [7, 11) is 0. The highest BCUT2D eigenvalue weighted by Crippen LogP contribution is 2.29. The number of halogens is 1. The molecule has 1 aromatic rings. The van der Waals surface area contributed by atoms with Crippen molar-refractivity contribution in [3.05, 3.63) is 29.6 Å². The number of benzene rings is 1. The number of thioether (sulfide) groups is 1. The fraction of sp³-hybridized carbons (Fsp3) is 0.462. The molecule has 1 aliphatic rings. The molecule has 2 nitrogen and oxygen atoms in total. The Labute approximate surface area is 105 Å². The van der Waals surface area contributed by atoms with E-state index < -0.39 is 0 Å². The van der Waals surface area contributed by atoms with Crippen LogP contribution in [0.2, 0.25) is 0 Å². The van der Waals surface area contributed by atoms with Crippen molar-refractivity contribution in [1.82, 2.24) is 0 Å². The highest BCUT2D eigenvalue weighted by Gasteiger charge is 2.22. The third-order valence-electron chi connectivity index (χ3n) is 2.83. The Kier molecular flexibility index (Phi) is 3.72. The van der Waals surface area contributed by atoms with E-state index in [0.29, 0.717) is 22.3 Å². The Hall–Kier alpha value is -1.03. The Morgan fingerprint density at radius 1 is 1.29 bits per heavy atom. The fourth-order valence-corrected chi connectivity index (χ4v) is 3.56. The summed E-state index contributed by atoms with van der Waals surface area (Å²) in [4.78, 5) is 12.9. The average Bonchev–Trinajstić information content (AvgIpc) is 2.26. The molecule has 1 aromatic carbocycles. The molecule has 2 unspecified atom stereocenters. The van der Waals surface area contributed by atoms with Gasteiger partial charge in [-0.2, -0.15) is 11.8 Å². The van der Waals surface area contributed by atoms with Gasteiger partial charge in [0.1, 0.15) is 12.1 Å². The van der Waals surface area contributed by atoms with E-state index in [-0.39, 0.29) is 5.82 Å². The molecule has 1 heterocycles. The van der Waals surface area contributed by atoms with Crippen LogP contribution in [0.1, 0.15) is 24.2 Å². The summed E-state index contributed by atoms with van der Waals surface area (Å²) < 4.78 is 13.4. The van der Waals surface area contributed by atoms with Crippen LogP contribution in [0, 0.1) is 5.82 Å². The predicted octanol–water partition coefficient (Wildman–Crippen LogP) is 2.97. The third kappa shape index (κ3) is 3.00. The number of carbonyl (C=O) groups excluding carboxylic acids is 1. The lowest BCUT2D eigenvalue weighted by molar-refractivity contribution is 0.112. The minimum absolute atomic E-state index is 0.344. The molecule has 0 N–H and O–H groups in total. The molecule has 2 atom stereocenters. The summed E-state index contributed by atoms with van der Waals surface area (Å²) in [5.41, 5.74) is 1.21. The predicted molar refractivity (Wildman–Crippen MR) is 70.5 cm³/mol. The molecule has 92 valence electrons. The van der Waals surface area contributed by atoms with Crippen molar-refractivity contribution in [2.75, 3.05) is 18.0 Å². The molecule has 1 aliphatic heterocycles. The maximum atomic E-state index is 13.4. The normalized spacial score (nSPS) is 24.8. The van der Waals surface area contributed by atoms with Crippen LogP contribution >= 0.6 is 11.8 Å². The Balaban J connectivity index is 2.26. The van der Waals surface area contributed by atoms with Gasteiger partial charge in [-0.1, -0.05) is 13.8 Å². The van der Waals surface area contributed by atoms with Crippen molar-refractivity contribution in [3.63, 3.8) is 0 Å². The second kappa shape index (κ2) is 5.08. The van der Waals surface area contributed by atoms with Gasteiger partial charge in [0.2, 0.25) is 0 Å². The molecule has 17 heavy (non-hydrogen) atoms. The van der Waals surface area contributed by atoms with Crippen molar-refractivity contribution >= 4 is 23.7 Å². The quantitative estimate of drug-likeness (QED) is 0.756. The van der Waals surface area contributed by atoms with Crippen LogP contribution in [-0.2, 0) is 0 Å². The zero-order chi connectivity index (χ0) is 12.4. The van der Waals surface area contributed by atoms with Crippen molar-refractivity contribution in [1.29, 1.82) is 0 Å². The van der Waals surface area contributed by atoms with Gasteiger partial charge in [-0.3, -0.25) is 4.79 Å². The van der Waals surface area contributed by atoms with E-state index in [2.05, 4.69) is 18.7 Å². The van der Waals surface area contributed by atoms with E-state index in [1.54, 1.807) is 6.07 Å². The number of aldehydes is 1. The SMILES string of the molecule is CC1CN(c2cc(F)cc(C=O)c2)CC(C)S1. The molecular weight excluding hydrogens is 237 g/mol. The van der Waals surface area contributed by atoms with Gasteiger partial charge in [-0.15, -0.1) is 0 Å². The first-order chi connectivity index (χ1) is 8.08. The van der Waals surface area contributed by atoms with E-state index in [9.17, 15) is 9.18 Å². The zero-order valence-electron chi connectivity index (χ0n) is 10.0. The molecule has 0 radical (unpaired) electrons. The summed E-state index contributed by atoms with van der Waals surface area (Å²) in [5.74, 6) is -0.344. The number of carbonyl (C=O) groups is 1. The summed E-state index contributed by atoms with van der Waals surface area (Å²) in [5, 5.41) is 1.06. The maximum Gasteiger partial charge on any atom is 0.150 e. The largest absolute Gasteiger partial charge is 0.369 e. The second-order valence-electron chi connectivity index (χ2n) is 4.52. The number of hydrogen-bond donors (Lipinski definition) is 0. The van der Waals surface area contributed by atoms with Gasteiger partial charge in [0, 0.05) is 34.8 Å². The van der Waals surface area contributed by atoms with Gasteiger partial charge in [0.25, 0.3) is 0 Å². The van der Waals surface area contributed by atoms with E-state index >= 15 is 0 Å². The molecular formula is C13H16FNOS. The first-order valence-corrected chi connectivity index (χ1v) is 6.69. The van der Waals surface area contributed by atoms with Crippen molar-refractivity contribution < 1.29 is 9.18 Å². The van der Waals surface area contributed by atoms with Crippen LogP contribution in [0.25, 0.3) is 0 Å². The zero-order valence-corrected chi connectivity index (χ0v) is 10.8.